The highest BCUT2D eigenvalue weighted by molar-refractivity contribution is 6.35. The van der Waals surface area contributed by atoms with E-state index in [-0.39, 0.29) is 0 Å². The summed E-state index contributed by atoms with van der Waals surface area (Å²) in [6.45, 7) is 0. The molecule has 0 bridgehead atoms. The Labute approximate surface area is 100 Å². The molecule has 0 aliphatic rings. The zero-order valence-electron chi connectivity index (χ0n) is 8.43. The Bertz CT molecular complexity index is 323. The van der Waals surface area contributed by atoms with Crippen LogP contribution in [-0.2, 0) is 11.2 Å². The smallest absolute Gasteiger partial charge is 0.198 e. The van der Waals surface area contributed by atoms with Gasteiger partial charge in [0.15, 0.2) is 6.29 Å². The number of unbranched alkanes of at least 4 members (excludes halogenated alkanes) is 3. The van der Waals surface area contributed by atoms with Crippen LogP contribution in [0.25, 0.3) is 0 Å². The number of hydrogen-bond donors (Lipinski definition) is 0. The predicted molar refractivity (Wildman–Crippen MR) is 64.3 cm³/mol. The minimum absolute atomic E-state index is 0.536. The third-order valence-corrected chi connectivity index (χ3v) is 2.83. The predicted octanol–water partition coefficient (Wildman–Crippen LogP) is 4.21. The van der Waals surface area contributed by atoms with Crippen LogP contribution in [0.5, 0.6) is 0 Å². The van der Waals surface area contributed by atoms with Crippen LogP contribution in [-0.4, -0.2) is 6.29 Å². The van der Waals surface area contributed by atoms with Crippen LogP contribution in [0.2, 0.25) is 10.0 Å². The standard InChI is InChI=1S/C12H13Cl2O/c13-11-7-6-10(12(14)9-11)5-3-1-2-4-8-15/h6-7,9H,1-5H2. The van der Waals surface area contributed by atoms with Crippen molar-refractivity contribution in [3.63, 3.8) is 0 Å². The highest BCUT2D eigenvalue weighted by Crippen LogP contribution is 2.22. The number of carbonyl (C=O) groups excluding carboxylic acids is 1. The van der Waals surface area contributed by atoms with Crippen LogP contribution in [0.1, 0.15) is 31.2 Å². The van der Waals surface area contributed by atoms with E-state index in [1.165, 1.54) is 0 Å². The lowest BCUT2D eigenvalue weighted by molar-refractivity contribution is 0.545. The SMILES string of the molecule is O=[C]CCCCCc1ccc(Cl)cc1Cl. The zero-order valence-corrected chi connectivity index (χ0v) is 9.94. The van der Waals surface area contributed by atoms with E-state index in [0.717, 1.165) is 36.3 Å². The number of hydrogen-bond acceptors (Lipinski definition) is 1. The first-order chi connectivity index (χ1) is 7.24. The maximum atomic E-state index is 9.97. The largest absolute Gasteiger partial charge is 0.291 e. The third kappa shape index (κ3) is 4.67. The Morgan fingerprint density at radius 2 is 1.93 bits per heavy atom. The average Bonchev–Trinajstić information content (AvgIpc) is 2.20. The van der Waals surface area contributed by atoms with Gasteiger partial charge < -0.3 is 0 Å². The fraction of sp³-hybridized carbons (Fsp3) is 0.417. The van der Waals surface area contributed by atoms with Crippen LogP contribution in [0.3, 0.4) is 0 Å². The number of benzene rings is 1. The Morgan fingerprint density at radius 3 is 2.60 bits per heavy atom. The van der Waals surface area contributed by atoms with Crippen molar-refractivity contribution in [3.8, 4) is 0 Å². The lowest BCUT2D eigenvalue weighted by Gasteiger charge is -2.03. The highest BCUT2D eigenvalue weighted by atomic mass is 35.5. The first-order valence-electron chi connectivity index (χ1n) is 5.03. The molecule has 1 rings (SSSR count). The summed E-state index contributed by atoms with van der Waals surface area (Å²) in [5.41, 5.74) is 1.12. The van der Waals surface area contributed by atoms with Gasteiger partial charge in [0.25, 0.3) is 0 Å². The number of halogens is 2. The molecule has 0 saturated carbocycles. The Balaban J connectivity index is 2.34. The van der Waals surface area contributed by atoms with Gasteiger partial charge in [-0.25, -0.2) is 0 Å². The molecule has 1 radical (unpaired) electrons. The van der Waals surface area contributed by atoms with E-state index < -0.39 is 0 Å². The summed E-state index contributed by atoms with van der Waals surface area (Å²) in [5, 5.41) is 1.39. The lowest BCUT2D eigenvalue weighted by Crippen LogP contribution is -1.87. The summed E-state index contributed by atoms with van der Waals surface area (Å²) in [5.74, 6) is 0. The van der Waals surface area contributed by atoms with Gasteiger partial charge in [-0.2, -0.15) is 0 Å². The van der Waals surface area contributed by atoms with E-state index in [2.05, 4.69) is 0 Å². The molecule has 0 heterocycles. The maximum absolute atomic E-state index is 9.97. The van der Waals surface area contributed by atoms with Gasteiger partial charge in [0.05, 0.1) is 0 Å². The molecule has 0 spiro atoms. The Morgan fingerprint density at radius 1 is 1.13 bits per heavy atom. The molecule has 15 heavy (non-hydrogen) atoms. The second kappa shape index (κ2) is 6.86. The van der Waals surface area contributed by atoms with Crippen LogP contribution < -0.4 is 0 Å². The molecule has 3 heteroatoms. The maximum Gasteiger partial charge on any atom is 0.198 e. The normalized spacial score (nSPS) is 10.3. The van der Waals surface area contributed by atoms with E-state index in [9.17, 15) is 4.79 Å². The van der Waals surface area contributed by atoms with E-state index in [0.29, 0.717) is 11.4 Å². The molecule has 0 aliphatic heterocycles. The summed E-state index contributed by atoms with van der Waals surface area (Å²) in [6, 6.07) is 5.57. The van der Waals surface area contributed by atoms with Crippen molar-refractivity contribution >= 4 is 29.5 Å². The van der Waals surface area contributed by atoms with Gasteiger partial charge in [0.2, 0.25) is 0 Å². The molecule has 0 atom stereocenters. The summed E-state index contributed by atoms with van der Waals surface area (Å²) in [6.07, 6.45) is 6.36. The van der Waals surface area contributed by atoms with E-state index in [1.54, 1.807) is 6.07 Å². The van der Waals surface area contributed by atoms with Crippen molar-refractivity contribution in [2.24, 2.45) is 0 Å². The van der Waals surface area contributed by atoms with Crippen molar-refractivity contribution in [2.45, 2.75) is 32.1 Å². The van der Waals surface area contributed by atoms with Crippen molar-refractivity contribution in [1.82, 2.24) is 0 Å². The zero-order chi connectivity index (χ0) is 11.1. The highest BCUT2D eigenvalue weighted by Gasteiger charge is 2.00. The molecule has 0 fully saturated rings. The van der Waals surface area contributed by atoms with Crippen LogP contribution in [0.4, 0.5) is 0 Å². The summed E-state index contributed by atoms with van der Waals surface area (Å²) in [4.78, 5) is 9.97. The molecular weight excluding hydrogens is 231 g/mol. The molecule has 0 saturated heterocycles. The molecule has 0 amide bonds. The minimum Gasteiger partial charge on any atom is -0.291 e. The molecule has 0 aromatic heterocycles. The van der Waals surface area contributed by atoms with Gasteiger partial charge >= 0.3 is 0 Å². The van der Waals surface area contributed by atoms with Gasteiger partial charge in [-0.05, 0) is 37.0 Å². The quantitative estimate of drug-likeness (QED) is 0.685. The molecule has 1 aromatic carbocycles. The number of rotatable bonds is 6. The first kappa shape index (κ1) is 12.5. The molecule has 0 N–H and O–H groups in total. The monoisotopic (exact) mass is 243 g/mol. The summed E-state index contributed by atoms with van der Waals surface area (Å²) < 4.78 is 0. The topological polar surface area (TPSA) is 17.1 Å². The Kier molecular flexibility index (Phi) is 5.74. The Hall–Kier alpha value is -0.530. The molecule has 1 aromatic rings. The van der Waals surface area contributed by atoms with Crippen LogP contribution >= 0.6 is 23.2 Å². The second-order valence-corrected chi connectivity index (χ2v) is 4.28. The van der Waals surface area contributed by atoms with Crippen LogP contribution in [0, 0.1) is 0 Å². The molecule has 81 valence electrons. The van der Waals surface area contributed by atoms with Gasteiger partial charge in [-0.1, -0.05) is 35.7 Å². The summed E-state index contributed by atoms with van der Waals surface area (Å²) >= 11 is 11.8. The molecule has 1 nitrogen and oxygen atoms in total. The minimum atomic E-state index is 0.536. The van der Waals surface area contributed by atoms with Crippen molar-refractivity contribution in [1.29, 1.82) is 0 Å². The molecular formula is C12H13Cl2O. The van der Waals surface area contributed by atoms with Gasteiger partial charge in [-0.15, -0.1) is 0 Å². The third-order valence-electron chi connectivity index (χ3n) is 2.24. The molecule has 0 aliphatic carbocycles. The fourth-order valence-electron chi connectivity index (χ4n) is 1.41. The lowest BCUT2D eigenvalue weighted by atomic mass is 10.1. The van der Waals surface area contributed by atoms with Gasteiger partial charge in [0.1, 0.15) is 0 Å². The van der Waals surface area contributed by atoms with Gasteiger partial charge in [-0.3, -0.25) is 4.79 Å². The van der Waals surface area contributed by atoms with E-state index in [4.69, 9.17) is 23.2 Å². The van der Waals surface area contributed by atoms with Crippen molar-refractivity contribution in [3.05, 3.63) is 33.8 Å². The second-order valence-electron chi connectivity index (χ2n) is 3.44. The van der Waals surface area contributed by atoms with Crippen molar-refractivity contribution in [2.75, 3.05) is 0 Å². The van der Waals surface area contributed by atoms with Gasteiger partial charge in [0, 0.05) is 16.5 Å². The van der Waals surface area contributed by atoms with Crippen LogP contribution in [0.15, 0.2) is 18.2 Å². The van der Waals surface area contributed by atoms with Crippen molar-refractivity contribution < 1.29 is 4.79 Å². The average molecular weight is 244 g/mol. The molecule has 0 unspecified atom stereocenters. The first-order valence-corrected chi connectivity index (χ1v) is 5.78. The fourth-order valence-corrected chi connectivity index (χ4v) is 1.92. The number of aryl methyl sites for hydroxylation is 1. The van der Waals surface area contributed by atoms with E-state index >= 15 is 0 Å². The summed E-state index contributed by atoms with van der Waals surface area (Å²) in [7, 11) is 0. The van der Waals surface area contributed by atoms with E-state index in [1.807, 2.05) is 18.4 Å².